The Labute approximate surface area is 124 Å². The van der Waals surface area contributed by atoms with E-state index in [1.807, 2.05) is 30.3 Å². The van der Waals surface area contributed by atoms with E-state index >= 15 is 0 Å². The highest BCUT2D eigenvalue weighted by Crippen LogP contribution is 2.22. The van der Waals surface area contributed by atoms with Crippen LogP contribution in [0, 0.1) is 0 Å². The quantitative estimate of drug-likeness (QED) is 0.849. The lowest BCUT2D eigenvalue weighted by Crippen LogP contribution is -2.36. The Balaban J connectivity index is 1.83. The van der Waals surface area contributed by atoms with E-state index in [9.17, 15) is 9.59 Å². The highest BCUT2D eigenvalue weighted by atomic mass is 32.1. The van der Waals surface area contributed by atoms with Gasteiger partial charge in [0, 0.05) is 19.0 Å². The molecule has 0 spiro atoms. The van der Waals surface area contributed by atoms with Crippen LogP contribution in [0.25, 0.3) is 0 Å². The molecule has 1 aromatic rings. The van der Waals surface area contributed by atoms with Gasteiger partial charge in [0.1, 0.15) is 6.61 Å². The number of carbonyl (C=O) groups is 2. The van der Waals surface area contributed by atoms with E-state index in [2.05, 4.69) is 12.6 Å². The van der Waals surface area contributed by atoms with Crippen molar-refractivity contribution >= 4 is 23.8 Å². The molecule has 0 radical (unpaired) electrons. The second-order valence-electron chi connectivity index (χ2n) is 4.96. The molecule has 1 aliphatic rings. The number of carbonyl (C=O) groups excluding carboxylic acids is 2. The normalized spacial score (nSPS) is 18.1. The maximum Gasteiger partial charge on any atom is 0.410 e. The van der Waals surface area contributed by atoms with Gasteiger partial charge in [0.05, 0.1) is 0 Å². The van der Waals surface area contributed by atoms with Crippen LogP contribution in [-0.4, -0.2) is 28.7 Å². The molecule has 0 aromatic heterocycles. The van der Waals surface area contributed by atoms with Gasteiger partial charge in [0.25, 0.3) is 0 Å². The van der Waals surface area contributed by atoms with E-state index in [1.165, 1.54) is 0 Å². The molecule has 4 nitrogen and oxygen atoms in total. The number of ether oxygens (including phenoxy) is 1. The summed E-state index contributed by atoms with van der Waals surface area (Å²) in [5.41, 5.74) is 0.974. The van der Waals surface area contributed by atoms with Crippen molar-refractivity contribution in [2.45, 2.75) is 38.3 Å². The molecule has 2 rings (SSSR count). The van der Waals surface area contributed by atoms with E-state index < -0.39 is 0 Å². The molecule has 1 saturated heterocycles. The molecular weight excluding hydrogens is 274 g/mol. The highest BCUT2D eigenvalue weighted by molar-refractivity contribution is 7.96. The second-order valence-corrected chi connectivity index (χ2v) is 5.46. The molecule has 1 aliphatic heterocycles. The van der Waals surface area contributed by atoms with Crippen LogP contribution in [0.4, 0.5) is 4.79 Å². The molecule has 0 N–H and O–H groups in total. The standard InChI is InChI=1S/C15H19NO3S/c17-14(20)9-8-13-7-4-10-16(13)15(18)19-11-12-5-2-1-3-6-12/h1-3,5-6,13H,4,7-11H2,(H,17,20). The fourth-order valence-corrected chi connectivity index (χ4v) is 2.60. The minimum atomic E-state index is -0.289. The molecule has 0 bridgehead atoms. The molecule has 1 fully saturated rings. The molecule has 1 aromatic carbocycles. The smallest absolute Gasteiger partial charge is 0.410 e. The first kappa shape index (κ1) is 14.9. The number of amides is 1. The van der Waals surface area contributed by atoms with Crippen molar-refractivity contribution in [3.8, 4) is 0 Å². The molecule has 1 unspecified atom stereocenters. The number of rotatable bonds is 5. The SMILES string of the molecule is O=C(S)CCC1CCCN1C(=O)OCc1ccccc1. The van der Waals surface area contributed by atoms with Crippen LogP contribution >= 0.6 is 12.6 Å². The Morgan fingerprint density at radius 3 is 2.75 bits per heavy atom. The van der Waals surface area contributed by atoms with Gasteiger partial charge in [0.2, 0.25) is 0 Å². The first-order valence-corrected chi connectivity index (χ1v) is 7.30. The average molecular weight is 293 g/mol. The first-order chi connectivity index (χ1) is 9.66. The highest BCUT2D eigenvalue weighted by Gasteiger charge is 2.29. The van der Waals surface area contributed by atoms with Gasteiger partial charge in [-0.1, -0.05) is 30.3 Å². The molecule has 1 atom stereocenters. The average Bonchev–Trinajstić information content (AvgIpc) is 2.92. The fraction of sp³-hybridized carbons (Fsp3) is 0.467. The molecule has 1 heterocycles. The van der Waals surface area contributed by atoms with Crippen molar-refractivity contribution in [2.24, 2.45) is 0 Å². The molecule has 0 aliphatic carbocycles. The number of hydrogen-bond donors (Lipinski definition) is 1. The lowest BCUT2D eigenvalue weighted by molar-refractivity contribution is -0.111. The van der Waals surface area contributed by atoms with Gasteiger partial charge < -0.3 is 9.64 Å². The van der Waals surface area contributed by atoms with Crippen molar-refractivity contribution in [1.82, 2.24) is 4.90 Å². The maximum absolute atomic E-state index is 12.1. The Bertz CT molecular complexity index is 463. The van der Waals surface area contributed by atoms with Gasteiger partial charge in [0.15, 0.2) is 5.12 Å². The summed E-state index contributed by atoms with van der Waals surface area (Å²) in [6.07, 6.45) is 2.68. The molecular formula is C15H19NO3S. The molecule has 108 valence electrons. The topological polar surface area (TPSA) is 46.6 Å². The summed E-state index contributed by atoms with van der Waals surface area (Å²) in [5.74, 6) is 0. The predicted molar refractivity (Wildman–Crippen MR) is 79.6 cm³/mol. The van der Waals surface area contributed by atoms with Crippen LogP contribution in [0.1, 0.15) is 31.2 Å². The Morgan fingerprint density at radius 2 is 2.05 bits per heavy atom. The van der Waals surface area contributed by atoms with Gasteiger partial charge in [-0.3, -0.25) is 4.79 Å². The zero-order valence-electron chi connectivity index (χ0n) is 11.3. The van der Waals surface area contributed by atoms with Gasteiger partial charge in [-0.15, -0.1) is 12.6 Å². The minimum Gasteiger partial charge on any atom is -0.445 e. The largest absolute Gasteiger partial charge is 0.445 e. The zero-order chi connectivity index (χ0) is 14.4. The maximum atomic E-state index is 12.1. The van der Waals surface area contributed by atoms with Crippen molar-refractivity contribution in [1.29, 1.82) is 0 Å². The predicted octanol–water partition coefficient (Wildman–Crippen LogP) is 3.02. The minimum absolute atomic E-state index is 0.106. The number of thiol groups is 1. The summed E-state index contributed by atoms with van der Waals surface area (Å²) < 4.78 is 5.33. The number of likely N-dealkylation sites (tertiary alicyclic amines) is 1. The van der Waals surface area contributed by atoms with E-state index in [0.717, 1.165) is 18.4 Å². The van der Waals surface area contributed by atoms with Gasteiger partial charge in [-0.05, 0) is 24.8 Å². The van der Waals surface area contributed by atoms with Gasteiger partial charge >= 0.3 is 6.09 Å². The zero-order valence-corrected chi connectivity index (χ0v) is 12.2. The van der Waals surface area contributed by atoms with Crippen LogP contribution in [0.15, 0.2) is 30.3 Å². The summed E-state index contributed by atoms with van der Waals surface area (Å²) in [4.78, 5) is 24.7. The summed E-state index contributed by atoms with van der Waals surface area (Å²) in [6.45, 7) is 0.993. The van der Waals surface area contributed by atoms with Crippen molar-refractivity contribution in [2.75, 3.05) is 6.54 Å². The van der Waals surface area contributed by atoms with Crippen molar-refractivity contribution in [3.05, 3.63) is 35.9 Å². The van der Waals surface area contributed by atoms with Crippen LogP contribution in [0.3, 0.4) is 0 Å². The van der Waals surface area contributed by atoms with Crippen molar-refractivity contribution in [3.63, 3.8) is 0 Å². The lowest BCUT2D eigenvalue weighted by Gasteiger charge is -2.23. The number of hydrogen-bond acceptors (Lipinski definition) is 3. The van der Waals surface area contributed by atoms with E-state index in [-0.39, 0.29) is 23.9 Å². The Hall–Kier alpha value is -1.49. The molecule has 5 heteroatoms. The van der Waals surface area contributed by atoms with Crippen molar-refractivity contribution < 1.29 is 14.3 Å². The molecule has 0 saturated carbocycles. The van der Waals surface area contributed by atoms with Crippen LogP contribution < -0.4 is 0 Å². The second kappa shape index (κ2) is 7.33. The fourth-order valence-electron chi connectivity index (χ4n) is 2.47. The van der Waals surface area contributed by atoms with E-state index in [0.29, 0.717) is 19.4 Å². The Morgan fingerprint density at radius 1 is 1.30 bits per heavy atom. The third-order valence-corrected chi connectivity index (χ3v) is 3.73. The summed E-state index contributed by atoms with van der Waals surface area (Å²) in [5, 5.41) is -0.130. The van der Waals surface area contributed by atoms with Gasteiger partial charge in [-0.25, -0.2) is 4.79 Å². The first-order valence-electron chi connectivity index (χ1n) is 6.86. The third-order valence-electron chi connectivity index (χ3n) is 3.51. The van der Waals surface area contributed by atoms with Gasteiger partial charge in [-0.2, -0.15) is 0 Å². The Kier molecular flexibility index (Phi) is 5.47. The summed E-state index contributed by atoms with van der Waals surface area (Å²) >= 11 is 3.77. The van der Waals surface area contributed by atoms with E-state index in [4.69, 9.17) is 4.74 Å². The van der Waals surface area contributed by atoms with Crippen LogP contribution in [0.5, 0.6) is 0 Å². The van der Waals surface area contributed by atoms with Crippen LogP contribution in [-0.2, 0) is 16.1 Å². The monoisotopic (exact) mass is 293 g/mol. The number of nitrogens with zero attached hydrogens (tertiary/aromatic N) is 1. The lowest BCUT2D eigenvalue weighted by atomic mass is 10.1. The van der Waals surface area contributed by atoms with Crippen LogP contribution in [0.2, 0.25) is 0 Å². The summed E-state index contributed by atoms with van der Waals surface area (Å²) in [7, 11) is 0. The molecule has 1 amide bonds. The number of benzene rings is 1. The van der Waals surface area contributed by atoms with E-state index in [1.54, 1.807) is 4.90 Å². The third kappa shape index (κ3) is 4.27. The molecule has 20 heavy (non-hydrogen) atoms. The summed E-state index contributed by atoms with van der Waals surface area (Å²) in [6, 6.07) is 9.72.